The monoisotopic (exact) mass is 505 g/mol. The third-order valence-corrected chi connectivity index (χ3v) is 6.68. The number of pyridine rings is 2. The van der Waals surface area contributed by atoms with Crippen molar-refractivity contribution >= 4 is 17.2 Å². The van der Waals surface area contributed by atoms with Gasteiger partial charge in [-0.1, -0.05) is 84.9 Å². The molecule has 0 aliphatic carbocycles. The maximum absolute atomic E-state index is 10.4. The Balaban J connectivity index is 1.44. The number of phenolic OH excluding ortho intramolecular Hbond substituents is 1. The second-order valence-corrected chi connectivity index (χ2v) is 9.29. The topological polar surface area (TPSA) is 49.2 Å². The van der Waals surface area contributed by atoms with Crippen LogP contribution in [-0.2, 0) is 6.42 Å². The van der Waals surface area contributed by atoms with E-state index in [1.54, 1.807) is 6.07 Å². The number of benzene rings is 4. The fourth-order valence-corrected chi connectivity index (χ4v) is 4.82. The van der Waals surface area contributed by atoms with Crippen LogP contribution in [0.3, 0.4) is 0 Å². The van der Waals surface area contributed by atoms with Gasteiger partial charge in [0.25, 0.3) is 0 Å². The second-order valence-electron chi connectivity index (χ2n) is 9.29. The Morgan fingerprint density at radius 1 is 0.615 bits per heavy atom. The van der Waals surface area contributed by atoms with Gasteiger partial charge in [0.2, 0.25) is 0 Å². The van der Waals surface area contributed by atoms with E-state index in [-0.39, 0.29) is 5.75 Å². The molecular weight excluding hydrogens is 478 g/mol. The van der Waals surface area contributed by atoms with Gasteiger partial charge in [0.15, 0.2) is 0 Å². The molecular formula is C35H27N3O. The zero-order valence-corrected chi connectivity index (χ0v) is 21.4. The van der Waals surface area contributed by atoms with Crippen LogP contribution in [0.5, 0.6) is 5.75 Å². The normalized spacial score (nSPS) is 10.8. The smallest absolute Gasteiger partial charge is 0.137 e. The van der Waals surface area contributed by atoms with Gasteiger partial charge in [-0.25, -0.2) is 9.97 Å². The van der Waals surface area contributed by atoms with E-state index in [9.17, 15) is 5.11 Å². The van der Waals surface area contributed by atoms with Crippen molar-refractivity contribution in [2.24, 2.45) is 0 Å². The highest BCUT2D eigenvalue weighted by Gasteiger charge is 2.18. The van der Waals surface area contributed by atoms with Crippen molar-refractivity contribution in [1.29, 1.82) is 0 Å². The summed E-state index contributed by atoms with van der Waals surface area (Å²) in [6.45, 7) is 0. The van der Waals surface area contributed by atoms with Crippen molar-refractivity contribution in [3.8, 4) is 28.3 Å². The van der Waals surface area contributed by atoms with Gasteiger partial charge in [0, 0.05) is 23.0 Å². The van der Waals surface area contributed by atoms with Crippen LogP contribution in [0.4, 0.5) is 17.2 Å². The minimum absolute atomic E-state index is 0.215. The van der Waals surface area contributed by atoms with E-state index in [1.165, 1.54) is 11.1 Å². The molecule has 6 rings (SSSR count). The van der Waals surface area contributed by atoms with Crippen LogP contribution < -0.4 is 4.90 Å². The Hall–Kier alpha value is -5.22. The molecule has 1 N–H and O–H groups in total. The molecule has 0 atom stereocenters. The first-order valence-corrected chi connectivity index (χ1v) is 12.9. The molecule has 0 amide bonds. The highest BCUT2D eigenvalue weighted by atomic mass is 16.3. The first kappa shape index (κ1) is 24.1. The first-order valence-electron chi connectivity index (χ1n) is 12.9. The van der Waals surface area contributed by atoms with Gasteiger partial charge >= 0.3 is 0 Å². The third-order valence-electron chi connectivity index (χ3n) is 6.68. The molecule has 188 valence electrons. The van der Waals surface area contributed by atoms with Crippen LogP contribution in [0.1, 0.15) is 11.1 Å². The molecule has 0 fully saturated rings. The zero-order valence-electron chi connectivity index (χ0n) is 21.4. The Morgan fingerprint density at radius 2 is 1.36 bits per heavy atom. The summed E-state index contributed by atoms with van der Waals surface area (Å²) in [6.07, 6.45) is 2.63. The van der Waals surface area contributed by atoms with Crippen molar-refractivity contribution in [3.63, 3.8) is 0 Å². The maximum atomic E-state index is 10.4. The minimum atomic E-state index is 0.215. The van der Waals surface area contributed by atoms with Crippen LogP contribution in [0.15, 0.2) is 146 Å². The van der Waals surface area contributed by atoms with E-state index in [4.69, 9.17) is 9.97 Å². The molecule has 4 nitrogen and oxygen atoms in total. The van der Waals surface area contributed by atoms with Crippen molar-refractivity contribution in [2.75, 3.05) is 4.90 Å². The number of anilines is 3. The molecule has 0 saturated carbocycles. The zero-order chi connectivity index (χ0) is 26.4. The molecule has 6 aromatic rings. The lowest BCUT2D eigenvalue weighted by Gasteiger charge is -2.27. The lowest BCUT2D eigenvalue weighted by atomic mass is 10.0. The highest BCUT2D eigenvalue weighted by Crippen LogP contribution is 2.38. The van der Waals surface area contributed by atoms with Gasteiger partial charge in [-0.3, -0.25) is 4.90 Å². The molecule has 0 bridgehead atoms. The number of aromatic hydroxyl groups is 1. The van der Waals surface area contributed by atoms with Gasteiger partial charge in [-0.05, 0) is 72.1 Å². The molecule has 39 heavy (non-hydrogen) atoms. The molecule has 0 spiro atoms. The van der Waals surface area contributed by atoms with Crippen molar-refractivity contribution < 1.29 is 5.11 Å². The van der Waals surface area contributed by atoms with E-state index in [0.29, 0.717) is 5.56 Å². The number of hydrogen-bond donors (Lipinski definition) is 1. The molecule has 0 radical (unpaired) electrons. The summed E-state index contributed by atoms with van der Waals surface area (Å²) in [5.74, 6) is 1.05. The third kappa shape index (κ3) is 5.27. The number of nitrogens with zero attached hydrogens (tertiary/aromatic N) is 3. The Morgan fingerprint density at radius 3 is 2.21 bits per heavy atom. The summed E-state index contributed by atoms with van der Waals surface area (Å²) in [7, 11) is 0. The number of hydrogen-bond acceptors (Lipinski definition) is 4. The number of phenols is 1. The highest BCUT2D eigenvalue weighted by molar-refractivity contribution is 5.80. The van der Waals surface area contributed by atoms with Gasteiger partial charge < -0.3 is 5.11 Å². The van der Waals surface area contributed by atoms with Gasteiger partial charge in [0.1, 0.15) is 11.6 Å². The lowest BCUT2D eigenvalue weighted by molar-refractivity contribution is 0.477. The fraction of sp³-hybridized carbons (Fsp3) is 0.0286. The van der Waals surface area contributed by atoms with E-state index in [1.807, 2.05) is 66.9 Å². The van der Waals surface area contributed by atoms with Crippen LogP contribution in [0.2, 0.25) is 0 Å². The van der Waals surface area contributed by atoms with E-state index in [2.05, 4.69) is 77.7 Å². The van der Waals surface area contributed by atoms with Crippen LogP contribution in [0, 0.1) is 0 Å². The predicted octanol–water partition coefficient (Wildman–Crippen LogP) is 8.58. The summed E-state index contributed by atoms with van der Waals surface area (Å²) >= 11 is 0. The quantitative estimate of drug-likeness (QED) is 0.236. The number of aromatic nitrogens is 2. The van der Waals surface area contributed by atoms with Crippen LogP contribution in [-0.4, -0.2) is 15.1 Å². The number of rotatable bonds is 7. The van der Waals surface area contributed by atoms with E-state index >= 15 is 0 Å². The van der Waals surface area contributed by atoms with Crippen LogP contribution in [0.25, 0.3) is 22.5 Å². The Kier molecular flexibility index (Phi) is 6.83. The predicted molar refractivity (Wildman–Crippen MR) is 158 cm³/mol. The molecule has 4 aromatic carbocycles. The maximum Gasteiger partial charge on any atom is 0.137 e. The van der Waals surface area contributed by atoms with Gasteiger partial charge in [-0.2, -0.15) is 0 Å². The minimum Gasteiger partial charge on any atom is -0.507 e. The summed E-state index contributed by atoms with van der Waals surface area (Å²) in [5.41, 5.74) is 7.77. The van der Waals surface area contributed by atoms with Gasteiger partial charge in [0.05, 0.1) is 17.1 Å². The molecule has 0 aliphatic rings. The largest absolute Gasteiger partial charge is 0.507 e. The Bertz CT molecular complexity index is 1700. The molecule has 4 heteroatoms. The SMILES string of the molecule is Oc1ccccc1-c1cccc(-c2cccc(N(c3ccccn3)c3ccccc3Cc3ccccc3)c2)n1. The summed E-state index contributed by atoms with van der Waals surface area (Å²) < 4.78 is 0. The van der Waals surface area contributed by atoms with Crippen molar-refractivity contribution in [1.82, 2.24) is 9.97 Å². The molecule has 2 aromatic heterocycles. The van der Waals surface area contributed by atoms with E-state index in [0.717, 1.165) is 40.6 Å². The summed E-state index contributed by atoms with van der Waals surface area (Å²) in [5, 5.41) is 10.4. The molecule has 0 unspecified atom stereocenters. The standard InChI is InChI=1S/C35H27N3O/c39-34-21-7-5-17-30(34)32-19-11-18-31(37-32)27-15-10-16-29(25-27)38(35-22-8-9-23-36-35)33-20-6-4-14-28(33)24-26-12-2-1-3-13-26/h1-23,25,39H,24H2. The molecule has 0 aliphatic heterocycles. The summed E-state index contributed by atoms with van der Waals surface area (Å²) in [4.78, 5) is 11.8. The lowest BCUT2D eigenvalue weighted by Crippen LogP contribution is -2.13. The second kappa shape index (κ2) is 11.0. The summed E-state index contributed by atoms with van der Waals surface area (Å²) in [6, 6.07) is 46.5. The Labute approximate surface area is 228 Å². The first-order chi connectivity index (χ1) is 19.3. The number of para-hydroxylation sites is 2. The molecule has 0 saturated heterocycles. The van der Waals surface area contributed by atoms with Crippen molar-refractivity contribution in [3.05, 3.63) is 157 Å². The molecule has 2 heterocycles. The van der Waals surface area contributed by atoms with Crippen LogP contribution >= 0.6 is 0 Å². The average Bonchev–Trinajstić information content (AvgIpc) is 3.00. The van der Waals surface area contributed by atoms with Gasteiger partial charge in [-0.15, -0.1) is 0 Å². The van der Waals surface area contributed by atoms with E-state index < -0.39 is 0 Å². The fourth-order valence-electron chi connectivity index (χ4n) is 4.82. The van der Waals surface area contributed by atoms with Crippen molar-refractivity contribution in [2.45, 2.75) is 6.42 Å². The average molecular weight is 506 g/mol.